The van der Waals surface area contributed by atoms with Gasteiger partial charge in [-0.05, 0) is 96.5 Å². The Hall–Kier alpha value is -2.68. The lowest BCUT2D eigenvalue weighted by molar-refractivity contribution is 0.113. The summed E-state index contributed by atoms with van der Waals surface area (Å²) in [5.41, 5.74) is 10.6. The Labute approximate surface area is 258 Å². The summed E-state index contributed by atoms with van der Waals surface area (Å²) in [6.45, 7) is 21.9. The molecule has 0 heterocycles. The van der Waals surface area contributed by atoms with Crippen molar-refractivity contribution in [1.82, 2.24) is 0 Å². The molecule has 0 saturated carbocycles. The first-order valence-corrected chi connectivity index (χ1v) is 15.7. The molecule has 2 atom stereocenters. The van der Waals surface area contributed by atoms with E-state index in [9.17, 15) is 10.2 Å². The Morgan fingerprint density at radius 2 is 1.14 bits per heavy atom. The van der Waals surface area contributed by atoms with E-state index in [-0.39, 0.29) is 23.0 Å². The fourth-order valence-corrected chi connectivity index (χ4v) is 6.49. The lowest BCUT2D eigenvalue weighted by Crippen LogP contribution is -2.29. The number of allylic oxidation sites excluding steroid dienone is 18. The van der Waals surface area contributed by atoms with Crippen molar-refractivity contribution < 1.29 is 10.2 Å². The van der Waals surface area contributed by atoms with Crippen molar-refractivity contribution in [3.05, 3.63) is 117 Å². The van der Waals surface area contributed by atoms with Gasteiger partial charge in [-0.2, -0.15) is 0 Å². The molecule has 0 unspecified atom stereocenters. The molecule has 230 valence electrons. The molecule has 2 heteroatoms. The molecule has 2 aliphatic carbocycles. The van der Waals surface area contributed by atoms with Crippen LogP contribution in [-0.4, -0.2) is 22.4 Å². The topological polar surface area (TPSA) is 40.5 Å². The molecule has 0 aromatic heterocycles. The van der Waals surface area contributed by atoms with Crippen molar-refractivity contribution in [2.24, 2.45) is 10.8 Å². The minimum Gasteiger partial charge on any atom is -0.393 e. The molecule has 0 radical (unpaired) electrons. The van der Waals surface area contributed by atoms with Gasteiger partial charge < -0.3 is 10.2 Å². The van der Waals surface area contributed by atoms with E-state index in [2.05, 4.69) is 142 Å². The average Bonchev–Trinajstić information content (AvgIpc) is 2.84. The van der Waals surface area contributed by atoms with Crippen molar-refractivity contribution in [1.29, 1.82) is 0 Å². The van der Waals surface area contributed by atoms with Gasteiger partial charge in [0, 0.05) is 0 Å². The van der Waals surface area contributed by atoms with Crippen LogP contribution in [0.2, 0.25) is 0 Å². The quantitative estimate of drug-likeness (QED) is 0.192. The first kappa shape index (κ1) is 35.5. The number of hydrogen-bond acceptors (Lipinski definition) is 2. The van der Waals surface area contributed by atoms with Crippen LogP contribution in [0, 0.1) is 10.8 Å². The van der Waals surface area contributed by atoms with Crippen LogP contribution in [0.1, 0.15) is 108 Å². The van der Waals surface area contributed by atoms with Gasteiger partial charge in [0.2, 0.25) is 0 Å². The molecule has 0 aliphatic heterocycles. The molecule has 0 amide bonds. The second kappa shape index (κ2) is 16.2. The van der Waals surface area contributed by atoms with E-state index in [4.69, 9.17) is 0 Å². The highest BCUT2D eigenvalue weighted by Crippen LogP contribution is 2.43. The summed E-state index contributed by atoms with van der Waals surface area (Å²) in [5.74, 6) is 0. The van der Waals surface area contributed by atoms with Gasteiger partial charge in [-0.3, -0.25) is 0 Å². The minimum atomic E-state index is -0.224. The zero-order valence-electron chi connectivity index (χ0n) is 28.2. The first-order chi connectivity index (χ1) is 19.6. The summed E-state index contributed by atoms with van der Waals surface area (Å²) in [5, 5.41) is 20.2. The molecule has 0 spiro atoms. The van der Waals surface area contributed by atoms with Crippen LogP contribution < -0.4 is 0 Å². The average molecular weight is 571 g/mol. The number of rotatable bonds is 11. The molecule has 0 aromatic carbocycles. The molecule has 2 rings (SSSR count). The Morgan fingerprint density at radius 1 is 0.667 bits per heavy atom. The molecule has 0 bridgehead atoms. The lowest BCUT2D eigenvalue weighted by Gasteiger charge is -2.37. The maximum Gasteiger partial charge on any atom is 0.0585 e. The largest absolute Gasteiger partial charge is 0.393 e. The minimum absolute atomic E-state index is 0.00810. The Kier molecular flexibility index (Phi) is 13.7. The zero-order valence-corrected chi connectivity index (χ0v) is 28.2. The van der Waals surface area contributed by atoms with E-state index < -0.39 is 0 Å². The summed E-state index contributed by atoms with van der Waals surface area (Å²) in [4.78, 5) is 0. The van der Waals surface area contributed by atoms with Gasteiger partial charge in [-0.25, -0.2) is 0 Å². The van der Waals surface area contributed by atoms with Crippen LogP contribution >= 0.6 is 0 Å². The van der Waals surface area contributed by atoms with Gasteiger partial charge in [0.05, 0.1) is 12.2 Å². The molecule has 0 aromatic rings. The van der Waals surface area contributed by atoms with Gasteiger partial charge in [0.25, 0.3) is 0 Å². The monoisotopic (exact) mass is 570 g/mol. The lowest BCUT2D eigenvalue weighted by atomic mass is 9.70. The molecule has 2 aliphatic rings. The summed E-state index contributed by atoms with van der Waals surface area (Å²) >= 11 is 0. The normalized spacial score (nSPS) is 24.9. The van der Waals surface area contributed by atoms with Crippen LogP contribution in [0.5, 0.6) is 0 Å². The summed E-state index contributed by atoms with van der Waals surface area (Å²) in [6, 6.07) is 0. The van der Waals surface area contributed by atoms with E-state index in [1.165, 1.54) is 44.6 Å². The molecule has 0 saturated heterocycles. The van der Waals surface area contributed by atoms with E-state index in [1.807, 2.05) is 0 Å². The van der Waals surface area contributed by atoms with Crippen LogP contribution in [0.4, 0.5) is 0 Å². The van der Waals surface area contributed by atoms with E-state index in [1.54, 1.807) is 0 Å². The van der Waals surface area contributed by atoms with Gasteiger partial charge in [0.1, 0.15) is 0 Å². The summed E-state index contributed by atoms with van der Waals surface area (Å²) < 4.78 is 0. The Bertz CT molecular complexity index is 1240. The van der Waals surface area contributed by atoms with E-state index in [0.29, 0.717) is 0 Å². The highest BCUT2D eigenvalue weighted by molar-refractivity contribution is 5.38. The van der Waals surface area contributed by atoms with Gasteiger partial charge in [-0.1, -0.05) is 140 Å². The Balaban J connectivity index is 1.86. The third-order valence-corrected chi connectivity index (χ3v) is 8.67. The highest BCUT2D eigenvalue weighted by Gasteiger charge is 2.32. The van der Waals surface area contributed by atoms with Gasteiger partial charge in [0.15, 0.2) is 0 Å². The molecule has 2 N–H and O–H groups in total. The van der Waals surface area contributed by atoms with Crippen molar-refractivity contribution in [2.45, 2.75) is 120 Å². The van der Waals surface area contributed by atoms with Crippen molar-refractivity contribution >= 4 is 0 Å². The van der Waals surface area contributed by atoms with Crippen LogP contribution in [-0.2, 0) is 0 Å². The second-order valence-corrected chi connectivity index (χ2v) is 14.0. The standard InChI is InChI=1S/C40H58O2/c1-29(17-13-19-31(3)21-23-37-33(5)25-35(41)27-39(37,7)8)15-11-12-16-30(2)18-14-20-32(4)22-24-38-34(6)26-36(42)28-40(38,9)10/h11-21,23,35-36,41-42H,22,24-28H2,1-10H3/b12-11+,17-13+,18-14+,23-21+,29-15+,30-16+,31-19+,32-20+/t35-,36-/m0/s1. The predicted molar refractivity (Wildman–Crippen MR) is 184 cm³/mol. The van der Waals surface area contributed by atoms with Crippen molar-refractivity contribution in [3.63, 3.8) is 0 Å². The van der Waals surface area contributed by atoms with Crippen molar-refractivity contribution in [2.75, 3.05) is 0 Å². The molecular weight excluding hydrogens is 512 g/mol. The molecule has 2 nitrogen and oxygen atoms in total. The predicted octanol–water partition coefficient (Wildman–Crippen LogP) is 10.8. The van der Waals surface area contributed by atoms with Crippen molar-refractivity contribution in [3.8, 4) is 0 Å². The van der Waals surface area contributed by atoms with Crippen LogP contribution in [0.25, 0.3) is 0 Å². The molecule has 42 heavy (non-hydrogen) atoms. The molecule has 0 fully saturated rings. The Morgan fingerprint density at radius 3 is 1.69 bits per heavy atom. The van der Waals surface area contributed by atoms with Gasteiger partial charge in [-0.15, -0.1) is 0 Å². The van der Waals surface area contributed by atoms with Crippen LogP contribution in [0.15, 0.2) is 117 Å². The molecular formula is C40H58O2. The fraction of sp³-hybridized carbons (Fsp3) is 0.500. The SMILES string of the molecule is CC1=C(/C=C/C(C)=C/C=C/C(C)=C/C=C/C=C(C)/C=C/C=C(\C)CCC2=C(C)C[C@H](O)CC2(C)C)C(C)(C)C[C@@H](O)C1. The third kappa shape index (κ3) is 11.9. The number of aliphatic hydroxyl groups is 2. The summed E-state index contributed by atoms with van der Waals surface area (Å²) in [6.07, 6.45) is 30.7. The number of aliphatic hydroxyl groups excluding tert-OH is 2. The van der Waals surface area contributed by atoms with Gasteiger partial charge >= 0.3 is 0 Å². The first-order valence-electron chi connectivity index (χ1n) is 15.7. The number of hydrogen-bond donors (Lipinski definition) is 2. The third-order valence-electron chi connectivity index (χ3n) is 8.67. The maximum atomic E-state index is 10.1. The fourth-order valence-electron chi connectivity index (χ4n) is 6.49. The highest BCUT2D eigenvalue weighted by atomic mass is 16.3. The van der Waals surface area contributed by atoms with E-state index >= 15 is 0 Å². The maximum absolute atomic E-state index is 10.1. The summed E-state index contributed by atoms with van der Waals surface area (Å²) in [7, 11) is 0. The smallest absolute Gasteiger partial charge is 0.0585 e. The van der Waals surface area contributed by atoms with Crippen LogP contribution in [0.3, 0.4) is 0 Å². The second-order valence-electron chi connectivity index (χ2n) is 14.0. The van der Waals surface area contributed by atoms with E-state index in [0.717, 1.165) is 38.5 Å². The zero-order chi connectivity index (χ0) is 31.5.